The zero-order valence-corrected chi connectivity index (χ0v) is 10.1. The number of hydrogen-bond donors (Lipinski definition) is 0. The Bertz CT molecular complexity index is 381. The number of rotatable bonds is 4. The van der Waals surface area contributed by atoms with Crippen molar-refractivity contribution in [2.75, 3.05) is 13.7 Å². The Morgan fingerprint density at radius 3 is 3.24 bits per heavy atom. The number of piperidine rings is 1. The highest BCUT2D eigenvalue weighted by atomic mass is 16.5. The summed E-state index contributed by atoms with van der Waals surface area (Å²) in [5, 5.41) is 0. The number of hydrogen-bond acceptors (Lipinski definition) is 4. The van der Waals surface area contributed by atoms with E-state index in [9.17, 15) is 4.79 Å². The molecule has 1 aromatic rings. The number of aldehydes is 1. The van der Waals surface area contributed by atoms with Gasteiger partial charge in [-0.2, -0.15) is 0 Å². The summed E-state index contributed by atoms with van der Waals surface area (Å²) < 4.78 is 5.23. The lowest BCUT2D eigenvalue weighted by atomic mass is 10.0. The molecule has 4 heteroatoms. The highest BCUT2D eigenvalue weighted by molar-refractivity contribution is 5.57. The lowest BCUT2D eigenvalue weighted by Crippen LogP contribution is -2.39. The van der Waals surface area contributed by atoms with Gasteiger partial charge in [0.05, 0.1) is 13.2 Å². The molecule has 0 spiro atoms. The summed E-state index contributed by atoms with van der Waals surface area (Å²) >= 11 is 0. The van der Waals surface area contributed by atoms with Crippen LogP contribution in [0.2, 0.25) is 0 Å². The van der Waals surface area contributed by atoms with Crippen LogP contribution < -0.4 is 4.74 Å². The molecule has 0 saturated carbocycles. The fourth-order valence-corrected chi connectivity index (χ4v) is 2.31. The van der Waals surface area contributed by atoms with Crippen LogP contribution in [0.4, 0.5) is 0 Å². The van der Waals surface area contributed by atoms with Crippen LogP contribution >= 0.6 is 0 Å². The molecule has 1 aromatic heterocycles. The van der Waals surface area contributed by atoms with E-state index in [0.717, 1.165) is 44.2 Å². The van der Waals surface area contributed by atoms with E-state index in [2.05, 4.69) is 9.88 Å². The Labute approximate surface area is 102 Å². The van der Waals surface area contributed by atoms with Crippen LogP contribution in [0.25, 0.3) is 0 Å². The Balaban J connectivity index is 2.10. The first kappa shape index (κ1) is 12.0. The summed E-state index contributed by atoms with van der Waals surface area (Å²) in [6, 6.07) is 3.95. The summed E-state index contributed by atoms with van der Waals surface area (Å²) in [7, 11) is 1.62. The molecular formula is C13H18N2O2. The second-order valence-electron chi connectivity index (χ2n) is 4.34. The molecule has 1 aliphatic heterocycles. The molecule has 0 radical (unpaired) electrons. The quantitative estimate of drug-likeness (QED) is 0.743. The first-order valence-electron chi connectivity index (χ1n) is 6.02. The van der Waals surface area contributed by atoms with Gasteiger partial charge in [0.1, 0.15) is 6.29 Å². The van der Waals surface area contributed by atoms with Crippen LogP contribution in [0.5, 0.6) is 5.88 Å². The molecule has 1 saturated heterocycles. The Morgan fingerprint density at radius 1 is 1.59 bits per heavy atom. The number of ether oxygens (including phenoxy) is 1. The van der Waals surface area contributed by atoms with Gasteiger partial charge in [-0.25, -0.2) is 4.98 Å². The summed E-state index contributed by atoms with van der Waals surface area (Å²) in [5.74, 6) is 0.655. The molecule has 0 amide bonds. The zero-order valence-electron chi connectivity index (χ0n) is 10.1. The van der Waals surface area contributed by atoms with Crippen LogP contribution in [0.15, 0.2) is 18.3 Å². The average Bonchev–Trinajstić information content (AvgIpc) is 2.40. The van der Waals surface area contributed by atoms with Crippen molar-refractivity contribution >= 4 is 6.29 Å². The van der Waals surface area contributed by atoms with Gasteiger partial charge in [0.2, 0.25) is 5.88 Å². The topological polar surface area (TPSA) is 42.4 Å². The number of aromatic nitrogens is 1. The molecule has 1 aliphatic rings. The monoisotopic (exact) mass is 234 g/mol. The van der Waals surface area contributed by atoms with E-state index in [-0.39, 0.29) is 6.04 Å². The number of nitrogens with zero attached hydrogens (tertiary/aromatic N) is 2. The fourth-order valence-electron chi connectivity index (χ4n) is 2.31. The number of pyridine rings is 1. The Hall–Kier alpha value is -1.42. The van der Waals surface area contributed by atoms with Gasteiger partial charge in [-0.3, -0.25) is 4.90 Å². The van der Waals surface area contributed by atoms with Crippen molar-refractivity contribution in [1.82, 2.24) is 9.88 Å². The SMILES string of the molecule is COc1ncccc1CN1CCCCC1C=O. The zero-order chi connectivity index (χ0) is 12.1. The van der Waals surface area contributed by atoms with Crippen LogP contribution in [-0.4, -0.2) is 35.9 Å². The summed E-state index contributed by atoms with van der Waals surface area (Å²) in [6.07, 6.45) is 6.04. The standard InChI is InChI=1S/C13H18N2O2/c1-17-13-11(5-4-7-14-13)9-15-8-3-2-6-12(15)10-16/h4-5,7,10,12H,2-3,6,8-9H2,1H3. The number of carbonyl (C=O) groups is 1. The normalized spacial score (nSPS) is 21.1. The van der Waals surface area contributed by atoms with E-state index >= 15 is 0 Å². The molecular weight excluding hydrogens is 216 g/mol. The average molecular weight is 234 g/mol. The maximum absolute atomic E-state index is 11.0. The van der Waals surface area contributed by atoms with E-state index in [1.54, 1.807) is 13.3 Å². The van der Waals surface area contributed by atoms with Gasteiger partial charge < -0.3 is 9.53 Å². The molecule has 92 valence electrons. The fraction of sp³-hybridized carbons (Fsp3) is 0.538. The minimum Gasteiger partial charge on any atom is -0.481 e. The van der Waals surface area contributed by atoms with Gasteiger partial charge in [0.25, 0.3) is 0 Å². The van der Waals surface area contributed by atoms with E-state index in [0.29, 0.717) is 5.88 Å². The second kappa shape index (κ2) is 5.77. The molecule has 1 unspecified atom stereocenters. The summed E-state index contributed by atoms with van der Waals surface area (Å²) in [5.41, 5.74) is 1.05. The van der Waals surface area contributed by atoms with Crippen molar-refractivity contribution in [1.29, 1.82) is 0 Å². The molecule has 0 bridgehead atoms. The van der Waals surface area contributed by atoms with Crippen molar-refractivity contribution < 1.29 is 9.53 Å². The van der Waals surface area contributed by atoms with Crippen molar-refractivity contribution in [2.45, 2.75) is 31.8 Å². The summed E-state index contributed by atoms with van der Waals surface area (Å²) in [6.45, 7) is 1.71. The van der Waals surface area contributed by atoms with Crippen LogP contribution in [0.1, 0.15) is 24.8 Å². The number of likely N-dealkylation sites (tertiary alicyclic amines) is 1. The maximum Gasteiger partial charge on any atom is 0.217 e. The van der Waals surface area contributed by atoms with Crippen LogP contribution in [-0.2, 0) is 11.3 Å². The first-order valence-corrected chi connectivity index (χ1v) is 6.02. The molecule has 2 heterocycles. The van der Waals surface area contributed by atoms with E-state index in [1.807, 2.05) is 12.1 Å². The summed E-state index contributed by atoms with van der Waals surface area (Å²) in [4.78, 5) is 17.4. The van der Waals surface area contributed by atoms with Crippen LogP contribution in [0.3, 0.4) is 0 Å². The molecule has 0 aliphatic carbocycles. The van der Waals surface area contributed by atoms with Crippen molar-refractivity contribution in [2.24, 2.45) is 0 Å². The van der Waals surface area contributed by atoms with Gasteiger partial charge in [-0.15, -0.1) is 0 Å². The molecule has 1 atom stereocenters. The first-order chi connectivity index (χ1) is 8.35. The van der Waals surface area contributed by atoms with Gasteiger partial charge in [-0.1, -0.05) is 12.5 Å². The number of methoxy groups -OCH3 is 1. The third-order valence-corrected chi connectivity index (χ3v) is 3.24. The molecule has 0 aromatic carbocycles. The van der Waals surface area contributed by atoms with Gasteiger partial charge in [0, 0.05) is 18.3 Å². The van der Waals surface area contributed by atoms with Gasteiger partial charge >= 0.3 is 0 Å². The predicted molar refractivity (Wildman–Crippen MR) is 64.9 cm³/mol. The Morgan fingerprint density at radius 2 is 2.47 bits per heavy atom. The molecule has 17 heavy (non-hydrogen) atoms. The second-order valence-corrected chi connectivity index (χ2v) is 4.34. The van der Waals surface area contributed by atoms with Crippen molar-refractivity contribution in [3.05, 3.63) is 23.9 Å². The molecule has 0 N–H and O–H groups in total. The van der Waals surface area contributed by atoms with Gasteiger partial charge in [-0.05, 0) is 25.5 Å². The third-order valence-electron chi connectivity index (χ3n) is 3.24. The lowest BCUT2D eigenvalue weighted by molar-refractivity contribution is -0.113. The highest BCUT2D eigenvalue weighted by Gasteiger charge is 2.22. The highest BCUT2D eigenvalue weighted by Crippen LogP contribution is 2.21. The maximum atomic E-state index is 11.0. The minimum atomic E-state index is 0.0497. The molecule has 4 nitrogen and oxygen atoms in total. The lowest BCUT2D eigenvalue weighted by Gasteiger charge is -2.32. The van der Waals surface area contributed by atoms with Crippen molar-refractivity contribution in [3.63, 3.8) is 0 Å². The molecule has 2 rings (SSSR count). The van der Waals surface area contributed by atoms with E-state index < -0.39 is 0 Å². The third kappa shape index (κ3) is 2.82. The smallest absolute Gasteiger partial charge is 0.217 e. The van der Waals surface area contributed by atoms with Crippen LogP contribution in [0, 0.1) is 0 Å². The largest absolute Gasteiger partial charge is 0.481 e. The van der Waals surface area contributed by atoms with Gasteiger partial charge in [0.15, 0.2) is 0 Å². The van der Waals surface area contributed by atoms with E-state index in [4.69, 9.17) is 4.74 Å². The molecule has 1 fully saturated rings. The van der Waals surface area contributed by atoms with E-state index in [1.165, 1.54) is 0 Å². The van der Waals surface area contributed by atoms with Crippen molar-refractivity contribution in [3.8, 4) is 5.88 Å². The predicted octanol–water partition coefficient (Wildman–Crippen LogP) is 1.64. The number of carbonyl (C=O) groups excluding carboxylic acids is 1. The minimum absolute atomic E-state index is 0.0497. The Kier molecular flexibility index (Phi) is 4.09.